The maximum atomic E-state index is 10.8. The highest BCUT2D eigenvalue weighted by molar-refractivity contribution is 4.97. The summed E-state index contributed by atoms with van der Waals surface area (Å²) >= 11 is 0. The number of hydrogen-bond acceptors (Lipinski definition) is 2. The summed E-state index contributed by atoms with van der Waals surface area (Å²) in [5.41, 5.74) is -0.220. The van der Waals surface area contributed by atoms with Gasteiger partial charge in [-0.05, 0) is 0 Å². The van der Waals surface area contributed by atoms with Gasteiger partial charge in [-0.25, -0.2) is 0 Å². The molecule has 0 saturated carbocycles. The third-order valence-corrected chi connectivity index (χ3v) is 1.31. The topological polar surface area (TPSA) is 46.1 Å². The fourth-order valence-corrected chi connectivity index (χ4v) is 0.680. The average Bonchev–Trinajstić information content (AvgIpc) is 1.82. The molecule has 0 bridgehead atoms. The molecular formula is C6H9N2O2+. The minimum Gasteiger partial charge on any atom is -0.490 e. The zero-order valence-electron chi connectivity index (χ0n) is 5.90. The van der Waals surface area contributed by atoms with Crippen molar-refractivity contribution >= 4 is 0 Å². The predicted molar refractivity (Wildman–Crippen MR) is 34.5 cm³/mol. The van der Waals surface area contributed by atoms with E-state index in [-0.39, 0.29) is 11.4 Å². The van der Waals surface area contributed by atoms with Crippen LogP contribution in [0.15, 0.2) is 17.2 Å². The molecule has 0 aromatic carbocycles. The fourth-order valence-electron chi connectivity index (χ4n) is 0.680. The smallest absolute Gasteiger partial charge is 0.317 e. The quantitative estimate of drug-likeness (QED) is 0.467. The molecule has 1 aromatic heterocycles. The van der Waals surface area contributed by atoms with E-state index in [1.807, 2.05) is 0 Å². The first-order valence-electron chi connectivity index (χ1n) is 2.86. The largest absolute Gasteiger partial charge is 0.490 e. The highest BCUT2D eigenvalue weighted by Gasteiger charge is 2.02. The lowest BCUT2D eigenvalue weighted by Gasteiger charge is -1.95. The number of aromatic nitrogens is 2. The molecule has 1 aromatic rings. The maximum absolute atomic E-state index is 10.8. The van der Waals surface area contributed by atoms with Gasteiger partial charge < -0.3 is 5.11 Å². The van der Waals surface area contributed by atoms with Crippen LogP contribution in [-0.2, 0) is 14.1 Å². The summed E-state index contributed by atoms with van der Waals surface area (Å²) in [6.07, 6.45) is 2.85. The molecule has 1 N–H and O–H groups in total. The minimum absolute atomic E-state index is 0.0324. The van der Waals surface area contributed by atoms with Crippen LogP contribution in [0.4, 0.5) is 0 Å². The predicted octanol–water partition coefficient (Wildman–Crippen LogP) is -1.08. The normalized spacial score (nSPS) is 9.80. The first-order valence-corrected chi connectivity index (χ1v) is 2.86. The molecule has 0 amide bonds. The Morgan fingerprint density at radius 1 is 1.60 bits per heavy atom. The van der Waals surface area contributed by atoms with E-state index in [1.54, 1.807) is 7.05 Å². The van der Waals surface area contributed by atoms with Crippen molar-refractivity contribution in [2.75, 3.05) is 0 Å². The minimum atomic E-state index is -0.220. The second-order valence-corrected chi connectivity index (χ2v) is 2.18. The number of aromatic hydroxyl groups is 1. The molecule has 0 unspecified atom stereocenters. The van der Waals surface area contributed by atoms with E-state index in [4.69, 9.17) is 5.11 Å². The molecule has 54 valence electrons. The molecule has 0 atom stereocenters. The maximum Gasteiger partial charge on any atom is 0.317 e. The molecule has 0 aliphatic heterocycles. The molecule has 1 heterocycles. The summed E-state index contributed by atoms with van der Waals surface area (Å²) in [6.45, 7) is 0. The molecule has 4 nitrogen and oxygen atoms in total. The molecule has 10 heavy (non-hydrogen) atoms. The summed E-state index contributed by atoms with van der Waals surface area (Å²) < 4.78 is 2.68. The Balaban J connectivity index is 3.46. The second kappa shape index (κ2) is 2.13. The van der Waals surface area contributed by atoms with Gasteiger partial charge in [0.1, 0.15) is 7.05 Å². The number of aryl methyl sites for hydroxylation is 1. The van der Waals surface area contributed by atoms with Gasteiger partial charge >= 0.3 is 5.56 Å². The van der Waals surface area contributed by atoms with Gasteiger partial charge in [0.15, 0.2) is 0 Å². The van der Waals surface area contributed by atoms with Crippen LogP contribution in [-0.4, -0.2) is 9.67 Å². The summed E-state index contributed by atoms with van der Waals surface area (Å²) in [7, 11) is 3.19. The lowest BCUT2D eigenvalue weighted by molar-refractivity contribution is -0.673. The molecule has 4 heteroatoms. The van der Waals surface area contributed by atoms with E-state index in [2.05, 4.69) is 0 Å². The standard InChI is InChI=1S/C6H8N2O2/c1-7-3-5(9)8(2)6(10)4-7/h3-4H,1-2H3/p+1. The third-order valence-electron chi connectivity index (χ3n) is 1.31. The lowest BCUT2D eigenvalue weighted by Crippen LogP contribution is -2.35. The summed E-state index contributed by atoms with van der Waals surface area (Å²) in [5, 5.41) is 9.02. The van der Waals surface area contributed by atoms with Crippen LogP contribution >= 0.6 is 0 Å². The number of rotatable bonds is 0. The van der Waals surface area contributed by atoms with Gasteiger partial charge in [-0.15, -0.1) is 0 Å². The monoisotopic (exact) mass is 141 g/mol. The molecule has 0 saturated heterocycles. The summed E-state index contributed by atoms with van der Waals surface area (Å²) in [4.78, 5) is 10.8. The van der Waals surface area contributed by atoms with Crippen LogP contribution in [0.1, 0.15) is 0 Å². The van der Waals surface area contributed by atoms with Gasteiger partial charge in [0.25, 0.3) is 5.88 Å². The first kappa shape index (κ1) is 6.80. The SMILES string of the molecule is Cn1c(O)c[n+](C)cc1=O. The van der Waals surface area contributed by atoms with Crippen LogP contribution in [0.2, 0.25) is 0 Å². The molecule has 0 spiro atoms. The Morgan fingerprint density at radius 3 is 2.70 bits per heavy atom. The van der Waals surface area contributed by atoms with Gasteiger partial charge in [0, 0.05) is 7.05 Å². The summed E-state index contributed by atoms with van der Waals surface area (Å²) in [6, 6.07) is 0. The second-order valence-electron chi connectivity index (χ2n) is 2.18. The molecule has 0 aliphatic carbocycles. The molecule has 0 fully saturated rings. The van der Waals surface area contributed by atoms with Crippen LogP contribution in [0.25, 0.3) is 0 Å². The van der Waals surface area contributed by atoms with Crippen molar-refractivity contribution in [1.29, 1.82) is 0 Å². The highest BCUT2D eigenvalue weighted by Crippen LogP contribution is 1.94. The summed E-state index contributed by atoms with van der Waals surface area (Å²) in [5.74, 6) is -0.0324. The van der Waals surface area contributed by atoms with Crippen molar-refractivity contribution < 1.29 is 9.67 Å². The Labute approximate surface area is 58.0 Å². The van der Waals surface area contributed by atoms with E-state index in [0.717, 1.165) is 0 Å². The van der Waals surface area contributed by atoms with Crippen molar-refractivity contribution in [3.05, 3.63) is 22.7 Å². The Morgan fingerprint density at radius 2 is 2.20 bits per heavy atom. The average molecular weight is 141 g/mol. The van der Waals surface area contributed by atoms with Gasteiger partial charge in [-0.1, -0.05) is 0 Å². The van der Waals surface area contributed by atoms with Gasteiger partial charge in [-0.3, -0.25) is 9.36 Å². The van der Waals surface area contributed by atoms with E-state index in [9.17, 15) is 4.79 Å². The van der Waals surface area contributed by atoms with Crippen molar-refractivity contribution in [3.8, 4) is 5.88 Å². The van der Waals surface area contributed by atoms with Crippen LogP contribution in [0, 0.1) is 0 Å². The first-order chi connectivity index (χ1) is 4.61. The van der Waals surface area contributed by atoms with Crippen LogP contribution < -0.4 is 10.1 Å². The van der Waals surface area contributed by atoms with E-state index >= 15 is 0 Å². The highest BCUT2D eigenvalue weighted by atomic mass is 16.3. The van der Waals surface area contributed by atoms with Crippen molar-refractivity contribution in [2.24, 2.45) is 14.1 Å². The van der Waals surface area contributed by atoms with Crippen molar-refractivity contribution in [1.82, 2.24) is 4.57 Å². The Bertz CT molecular complexity index is 303. The lowest BCUT2D eigenvalue weighted by atomic mass is 10.6. The Hall–Kier alpha value is -1.32. The molecule has 0 radical (unpaired) electrons. The van der Waals surface area contributed by atoms with Crippen molar-refractivity contribution in [3.63, 3.8) is 0 Å². The van der Waals surface area contributed by atoms with Gasteiger partial charge in [0.05, 0.1) is 0 Å². The van der Waals surface area contributed by atoms with E-state index in [1.165, 1.54) is 28.6 Å². The fraction of sp³-hybridized carbons (Fsp3) is 0.333. The molecule has 0 aliphatic rings. The zero-order chi connectivity index (χ0) is 7.72. The van der Waals surface area contributed by atoms with Gasteiger partial charge in [-0.2, -0.15) is 4.57 Å². The Kier molecular flexibility index (Phi) is 1.45. The molecular weight excluding hydrogens is 132 g/mol. The zero-order valence-corrected chi connectivity index (χ0v) is 5.90. The molecule has 1 rings (SSSR count). The van der Waals surface area contributed by atoms with Crippen molar-refractivity contribution in [2.45, 2.75) is 0 Å². The number of hydrogen-bond donors (Lipinski definition) is 1. The van der Waals surface area contributed by atoms with Gasteiger partial charge in [0.2, 0.25) is 12.4 Å². The third kappa shape index (κ3) is 1.00. The van der Waals surface area contributed by atoms with E-state index in [0.29, 0.717) is 0 Å². The van der Waals surface area contributed by atoms with E-state index < -0.39 is 0 Å². The van der Waals surface area contributed by atoms with Crippen LogP contribution in [0.3, 0.4) is 0 Å². The number of nitrogens with zero attached hydrogens (tertiary/aromatic N) is 2. The van der Waals surface area contributed by atoms with Crippen LogP contribution in [0.5, 0.6) is 5.88 Å².